The molecule has 8 heteroatoms. The minimum absolute atomic E-state index is 0.913. The summed E-state index contributed by atoms with van der Waals surface area (Å²) in [6.07, 6.45) is 7.83. The molecule has 3 heterocycles. The van der Waals surface area contributed by atoms with Gasteiger partial charge in [0.15, 0.2) is 0 Å². The van der Waals surface area contributed by atoms with Crippen LogP contribution >= 0.6 is 0 Å². The monoisotopic (exact) mass is 388 g/mol. The largest absolute Gasteiger partial charge is 0.337 e. The zero-order valence-corrected chi connectivity index (χ0v) is 18.0. The van der Waals surface area contributed by atoms with Crippen LogP contribution in [0.25, 0.3) is 0 Å². The molecule has 0 amide bonds. The number of likely N-dealkylation sites (N-methyl/N-ethyl adjacent to an activating group) is 2. The van der Waals surface area contributed by atoms with Gasteiger partial charge in [-0.3, -0.25) is 9.80 Å². The van der Waals surface area contributed by atoms with Crippen molar-refractivity contribution >= 4 is 0 Å². The summed E-state index contributed by atoms with van der Waals surface area (Å²) in [5.74, 6) is 2.28. The second kappa shape index (κ2) is 10.2. The van der Waals surface area contributed by atoms with Gasteiger partial charge in [0.2, 0.25) is 0 Å². The maximum atomic E-state index is 4.51. The second-order valence-corrected chi connectivity index (χ2v) is 8.07. The van der Waals surface area contributed by atoms with Crippen molar-refractivity contribution in [2.24, 2.45) is 14.1 Å². The van der Waals surface area contributed by atoms with Crippen LogP contribution in [-0.2, 0) is 27.2 Å². The van der Waals surface area contributed by atoms with Gasteiger partial charge in [-0.2, -0.15) is 0 Å². The van der Waals surface area contributed by atoms with Crippen LogP contribution in [0.1, 0.15) is 11.6 Å². The molecular weight excluding hydrogens is 352 g/mol. The first-order valence-corrected chi connectivity index (χ1v) is 10.3. The van der Waals surface area contributed by atoms with E-state index in [1.807, 2.05) is 24.8 Å². The van der Waals surface area contributed by atoms with Crippen LogP contribution in [0.2, 0.25) is 0 Å². The maximum Gasteiger partial charge on any atom is 0.122 e. The molecule has 0 N–H and O–H groups in total. The lowest BCUT2D eigenvalue weighted by Crippen LogP contribution is -2.44. The van der Waals surface area contributed by atoms with E-state index in [1.165, 1.54) is 0 Å². The van der Waals surface area contributed by atoms with Crippen LogP contribution in [0.3, 0.4) is 0 Å². The van der Waals surface area contributed by atoms with Crippen molar-refractivity contribution in [3.8, 4) is 0 Å². The second-order valence-electron chi connectivity index (χ2n) is 8.07. The van der Waals surface area contributed by atoms with Crippen LogP contribution in [0.4, 0.5) is 0 Å². The third kappa shape index (κ3) is 6.13. The number of imidazole rings is 2. The number of hydrogen-bond donors (Lipinski definition) is 0. The maximum absolute atomic E-state index is 4.51. The number of hydrogen-bond acceptors (Lipinski definition) is 6. The fourth-order valence-electron chi connectivity index (χ4n) is 3.51. The zero-order chi connectivity index (χ0) is 19.9. The molecule has 0 unspecified atom stereocenters. The molecule has 0 atom stereocenters. The van der Waals surface area contributed by atoms with Crippen molar-refractivity contribution in [1.82, 2.24) is 38.7 Å². The lowest BCUT2D eigenvalue weighted by atomic mass is 10.3. The van der Waals surface area contributed by atoms with E-state index in [4.69, 9.17) is 0 Å². The van der Waals surface area contributed by atoms with Crippen molar-refractivity contribution in [2.75, 3.05) is 66.5 Å². The van der Waals surface area contributed by atoms with Crippen molar-refractivity contribution in [1.29, 1.82) is 0 Å². The Hall–Kier alpha value is -1.74. The van der Waals surface area contributed by atoms with Gasteiger partial charge in [0.05, 0.1) is 13.1 Å². The summed E-state index contributed by atoms with van der Waals surface area (Å²) in [4.78, 5) is 19.0. The van der Waals surface area contributed by atoms with Gasteiger partial charge in [-0.15, -0.1) is 0 Å². The summed E-state index contributed by atoms with van der Waals surface area (Å²) >= 11 is 0. The van der Waals surface area contributed by atoms with Crippen molar-refractivity contribution in [3.63, 3.8) is 0 Å². The Morgan fingerprint density at radius 1 is 0.607 bits per heavy atom. The van der Waals surface area contributed by atoms with Gasteiger partial charge in [-0.05, 0) is 14.1 Å². The standard InChI is InChI=1S/C20H36N8/c1-23-9-13-27(17-19-21-5-7-25(19)3)15-11-24(2)12-16-28(14-10-23)18-20-22-6-8-26(20)4/h5-8H,9-18H2,1-4H3. The van der Waals surface area contributed by atoms with E-state index in [0.717, 1.165) is 77.1 Å². The van der Waals surface area contributed by atoms with Gasteiger partial charge in [-0.25, -0.2) is 9.97 Å². The molecule has 156 valence electrons. The van der Waals surface area contributed by atoms with Gasteiger partial charge < -0.3 is 18.9 Å². The highest BCUT2D eigenvalue weighted by atomic mass is 15.3. The fraction of sp³-hybridized carbons (Fsp3) is 0.700. The van der Waals surface area contributed by atoms with Crippen molar-refractivity contribution < 1.29 is 0 Å². The quantitative estimate of drug-likeness (QED) is 0.753. The molecule has 0 bridgehead atoms. The predicted octanol–water partition coefficient (Wildman–Crippen LogP) is 0.335. The van der Waals surface area contributed by atoms with Crippen LogP contribution in [0.5, 0.6) is 0 Å². The number of aryl methyl sites for hydroxylation is 2. The Kier molecular flexibility index (Phi) is 7.61. The molecule has 2 aromatic rings. The predicted molar refractivity (Wildman–Crippen MR) is 112 cm³/mol. The van der Waals surface area contributed by atoms with Crippen LogP contribution in [0.15, 0.2) is 24.8 Å². The smallest absolute Gasteiger partial charge is 0.122 e. The molecular formula is C20H36N8. The zero-order valence-electron chi connectivity index (χ0n) is 18.0. The normalized spacial score (nSPS) is 20.1. The summed E-state index contributed by atoms with van der Waals surface area (Å²) < 4.78 is 4.25. The molecule has 28 heavy (non-hydrogen) atoms. The summed E-state index contributed by atoms with van der Waals surface area (Å²) in [6, 6.07) is 0. The Morgan fingerprint density at radius 2 is 0.964 bits per heavy atom. The highest BCUT2D eigenvalue weighted by molar-refractivity contribution is 4.92. The average molecular weight is 389 g/mol. The number of rotatable bonds is 4. The molecule has 8 nitrogen and oxygen atoms in total. The third-order valence-corrected chi connectivity index (χ3v) is 5.76. The lowest BCUT2D eigenvalue weighted by Gasteiger charge is -2.31. The minimum Gasteiger partial charge on any atom is -0.337 e. The summed E-state index contributed by atoms with van der Waals surface area (Å²) in [7, 11) is 8.62. The Labute approximate surface area is 169 Å². The van der Waals surface area contributed by atoms with E-state index in [1.54, 1.807) is 0 Å². The van der Waals surface area contributed by atoms with Crippen LogP contribution in [0, 0.1) is 0 Å². The van der Waals surface area contributed by atoms with Gasteiger partial charge in [0.25, 0.3) is 0 Å². The summed E-state index contributed by atoms with van der Waals surface area (Å²) in [5.41, 5.74) is 0. The van der Waals surface area contributed by atoms with E-state index in [-0.39, 0.29) is 0 Å². The van der Waals surface area contributed by atoms with Crippen LogP contribution < -0.4 is 0 Å². The van der Waals surface area contributed by atoms with Crippen LogP contribution in [-0.4, -0.2) is 105 Å². The van der Waals surface area contributed by atoms with E-state index in [9.17, 15) is 0 Å². The van der Waals surface area contributed by atoms with Gasteiger partial charge in [0.1, 0.15) is 11.6 Å². The molecule has 0 spiro atoms. The topological polar surface area (TPSA) is 48.6 Å². The molecule has 3 rings (SSSR count). The van der Waals surface area contributed by atoms with Gasteiger partial charge in [-0.1, -0.05) is 0 Å². The first-order valence-electron chi connectivity index (χ1n) is 10.3. The Morgan fingerprint density at radius 3 is 1.25 bits per heavy atom. The molecule has 1 aliphatic heterocycles. The van der Waals surface area contributed by atoms with E-state index >= 15 is 0 Å². The first kappa shape index (κ1) is 21.0. The highest BCUT2D eigenvalue weighted by Crippen LogP contribution is 2.06. The molecule has 0 aliphatic carbocycles. The fourth-order valence-corrected chi connectivity index (χ4v) is 3.51. The van der Waals surface area contributed by atoms with Gasteiger partial charge >= 0.3 is 0 Å². The first-order chi connectivity index (χ1) is 13.5. The summed E-state index contributed by atoms with van der Waals surface area (Å²) in [5, 5.41) is 0. The lowest BCUT2D eigenvalue weighted by molar-refractivity contribution is 0.144. The Bertz CT molecular complexity index is 632. The number of aromatic nitrogens is 4. The van der Waals surface area contributed by atoms with Gasteiger partial charge in [0, 0.05) is 91.2 Å². The molecule has 0 saturated carbocycles. The molecule has 0 aromatic carbocycles. The van der Waals surface area contributed by atoms with E-state index in [0.29, 0.717) is 0 Å². The molecule has 1 fully saturated rings. The average Bonchev–Trinajstić information content (AvgIpc) is 3.26. The summed E-state index contributed by atoms with van der Waals surface area (Å²) in [6.45, 7) is 10.4. The third-order valence-electron chi connectivity index (χ3n) is 5.76. The van der Waals surface area contributed by atoms with E-state index < -0.39 is 0 Å². The molecule has 2 aromatic heterocycles. The molecule has 1 saturated heterocycles. The highest BCUT2D eigenvalue weighted by Gasteiger charge is 2.16. The SMILES string of the molecule is CN1CCN(Cc2nccn2C)CCN(C)CCN(Cc2nccn2C)CC1. The van der Waals surface area contributed by atoms with Crippen molar-refractivity contribution in [3.05, 3.63) is 36.4 Å². The molecule has 1 aliphatic rings. The Balaban J connectivity index is 1.58. The minimum atomic E-state index is 0.913. The van der Waals surface area contributed by atoms with Crippen molar-refractivity contribution in [2.45, 2.75) is 13.1 Å². The van der Waals surface area contributed by atoms with E-state index in [2.05, 4.69) is 66.9 Å². The number of nitrogens with zero attached hydrogens (tertiary/aromatic N) is 8. The molecule has 0 radical (unpaired) electrons.